The molecule has 20 heavy (non-hydrogen) atoms. The predicted octanol–water partition coefficient (Wildman–Crippen LogP) is 1.10. The number of nitrogens with one attached hydrogen (secondary N) is 1. The molecular weight excluding hydrogens is 280 g/mol. The summed E-state index contributed by atoms with van der Waals surface area (Å²) in [5.41, 5.74) is 0.605. The van der Waals surface area contributed by atoms with E-state index in [0.717, 1.165) is 11.4 Å². The van der Waals surface area contributed by atoms with Crippen molar-refractivity contribution in [3.63, 3.8) is 0 Å². The molecule has 110 valence electrons. The first-order chi connectivity index (χ1) is 9.28. The average Bonchev–Trinajstić information content (AvgIpc) is 2.66. The van der Waals surface area contributed by atoms with Crippen LogP contribution in [0.5, 0.6) is 0 Å². The van der Waals surface area contributed by atoms with Gasteiger partial charge in [0.2, 0.25) is 11.8 Å². The van der Waals surface area contributed by atoms with E-state index < -0.39 is 5.54 Å². The molecular formula is C13H19ClN4O2. The van der Waals surface area contributed by atoms with E-state index in [1.165, 1.54) is 0 Å². The number of nitrogens with zero attached hydrogens (tertiary/aromatic N) is 3. The summed E-state index contributed by atoms with van der Waals surface area (Å²) >= 11 is 6.27. The minimum Gasteiger partial charge on any atom is -0.345 e. The molecule has 2 amide bonds. The van der Waals surface area contributed by atoms with Gasteiger partial charge in [-0.25, -0.2) is 0 Å². The van der Waals surface area contributed by atoms with E-state index in [9.17, 15) is 9.59 Å². The number of hydrogen-bond donors (Lipinski definition) is 1. The Bertz CT molecular complexity index is 565. The highest BCUT2D eigenvalue weighted by Crippen LogP contribution is 2.26. The monoisotopic (exact) mass is 298 g/mol. The zero-order valence-electron chi connectivity index (χ0n) is 12.2. The van der Waals surface area contributed by atoms with Crippen LogP contribution >= 0.6 is 11.6 Å². The van der Waals surface area contributed by atoms with Gasteiger partial charge in [0.15, 0.2) is 0 Å². The highest BCUT2D eigenvalue weighted by molar-refractivity contribution is 6.31. The summed E-state index contributed by atoms with van der Waals surface area (Å²) in [4.78, 5) is 25.6. The smallest absolute Gasteiger partial charge is 0.245 e. The second kappa shape index (κ2) is 5.09. The molecule has 0 aliphatic carbocycles. The summed E-state index contributed by atoms with van der Waals surface area (Å²) in [5.74, 6) is -0.278. The number of carbonyl (C=O) groups excluding carboxylic acids is 2. The number of aryl methyl sites for hydroxylation is 2. The summed E-state index contributed by atoms with van der Waals surface area (Å²) in [5, 5.41) is 7.49. The Kier molecular flexibility index (Phi) is 3.77. The molecule has 6 nitrogen and oxygen atoms in total. The zero-order chi connectivity index (χ0) is 15.1. The molecule has 0 radical (unpaired) electrons. The highest BCUT2D eigenvalue weighted by Gasteiger charge is 2.42. The number of rotatable bonds is 3. The Balaban J connectivity index is 2.37. The second-order valence-corrected chi connectivity index (χ2v) is 5.76. The fourth-order valence-electron chi connectivity index (χ4n) is 2.36. The van der Waals surface area contributed by atoms with Crippen molar-refractivity contribution in [3.8, 4) is 0 Å². The van der Waals surface area contributed by atoms with Crippen LogP contribution in [-0.2, 0) is 22.7 Å². The van der Waals surface area contributed by atoms with Crippen molar-refractivity contribution in [1.82, 2.24) is 20.0 Å². The lowest BCUT2D eigenvalue weighted by atomic mass is 9.98. The molecule has 1 fully saturated rings. The quantitative estimate of drug-likeness (QED) is 0.909. The van der Waals surface area contributed by atoms with Crippen LogP contribution in [0.2, 0.25) is 5.02 Å². The van der Waals surface area contributed by atoms with E-state index in [2.05, 4.69) is 10.4 Å². The Morgan fingerprint density at radius 3 is 2.65 bits per heavy atom. The van der Waals surface area contributed by atoms with Gasteiger partial charge in [0.25, 0.3) is 0 Å². The van der Waals surface area contributed by atoms with Gasteiger partial charge in [0.05, 0.1) is 29.5 Å². The maximum Gasteiger partial charge on any atom is 0.245 e. The van der Waals surface area contributed by atoms with Crippen molar-refractivity contribution in [2.75, 3.05) is 6.54 Å². The van der Waals surface area contributed by atoms with E-state index in [-0.39, 0.29) is 24.9 Å². The van der Waals surface area contributed by atoms with Crippen LogP contribution in [0.4, 0.5) is 0 Å². The van der Waals surface area contributed by atoms with Gasteiger partial charge in [-0.2, -0.15) is 5.10 Å². The maximum atomic E-state index is 12.1. The molecule has 0 bridgehead atoms. The standard InChI is InChI=1S/C13H19ClN4O2/c1-5-18-9(11(14)8(2)16-18)7-17-10(19)6-15-12(20)13(17,3)4/h5-7H2,1-4H3,(H,15,20). The molecule has 1 aliphatic rings. The average molecular weight is 299 g/mol. The highest BCUT2D eigenvalue weighted by atomic mass is 35.5. The third-order valence-electron chi connectivity index (χ3n) is 3.69. The van der Waals surface area contributed by atoms with Crippen molar-refractivity contribution in [2.45, 2.75) is 46.3 Å². The van der Waals surface area contributed by atoms with Gasteiger partial charge in [-0.15, -0.1) is 0 Å². The normalized spacial score (nSPS) is 18.4. The first-order valence-corrected chi connectivity index (χ1v) is 6.97. The molecule has 1 saturated heterocycles. The van der Waals surface area contributed by atoms with Gasteiger partial charge < -0.3 is 10.2 Å². The number of halogens is 1. The number of piperazine rings is 1. The van der Waals surface area contributed by atoms with Crippen LogP contribution in [0.3, 0.4) is 0 Å². The molecule has 0 unspecified atom stereocenters. The Hall–Kier alpha value is -1.56. The van der Waals surface area contributed by atoms with Crippen molar-refractivity contribution in [3.05, 3.63) is 16.4 Å². The minimum absolute atomic E-state index is 0.0269. The SMILES string of the molecule is CCn1nc(C)c(Cl)c1CN1C(=O)CNC(=O)C1(C)C. The van der Waals surface area contributed by atoms with Crippen molar-refractivity contribution in [1.29, 1.82) is 0 Å². The molecule has 0 atom stereocenters. The van der Waals surface area contributed by atoms with Crippen molar-refractivity contribution in [2.24, 2.45) is 0 Å². The molecule has 2 rings (SSSR count). The molecule has 0 spiro atoms. The molecule has 0 saturated carbocycles. The topological polar surface area (TPSA) is 67.2 Å². The Morgan fingerprint density at radius 2 is 2.05 bits per heavy atom. The molecule has 1 aliphatic heterocycles. The van der Waals surface area contributed by atoms with E-state index in [0.29, 0.717) is 11.6 Å². The van der Waals surface area contributed by atoms with Crippen molar-refractivity contribution < 1.29 is 9.59 Å². The number of hydrogen-bond acceptors (Lipinski definition) is 3. The van der Waals surface area contributed by atoms with E-state index >= 15 is 0 Å². The van der Waals surface area contributed by atoms with E-state index in [1.54, 1.807) is 23.4 Å². The van der Waals surface area contributed by atoms with Gasteiger partial charge >= 0.3 is 0 Å². The van der Waals surface area contributed by atoms with Gasteiger partial charge in [0, 0.05) is 6.54 Å². The molecule has 0 aromatic carbocycles. The lowest BCUT2D eigenvalue weighted by molar-refractivity contribution is -0.152. The van der Waals surface area contributed by atoms with Crippen LogP contribution in [0.15, 0.2) is 0 Å². The summed E-state index contributed by atoms with van der Waals surface area (Å²) in [6.07, 6.45) is 0. The number of carbonyl (C=O) groups is 2. The predicted molar refractivity (Wildman–Crippen MR) is 75.3 cm³/mol. The minimum atomic E-state index is -0.893. The van der Waals surface area contributed by atoms with Crippen LogP contribution in [0.1, 0.15) is 32.2 Å². The largest absolute Gasteiger partial charge is 0.345 e. The first-order valence-electron chi connectivity index (χ1n) is 6.59. The van der Waals surface area contributed by atoms with Gasteiger partial charge in [-0.3, -0.25) is 14.3 Å². The van der Waals surface area contributed by atoms with Gasteiger partial charge in [-0.05, 0) is 27.7 Å². The van der Waals surface area contributed by atoms with Crippen LogP contribution in [0.25, 0.3) is 0 Å². The maximum absolute atomic E-state index is 12.1. The summed E-state index contributed by atoms with van der Waals surface area (Å²) in [7, 11) is 0. The number of amides is 2. The summed E-state index contributed by atoms with van der Waals surface area (Å²) in [6, 6.07) is 0. The second-order valence-electron chi connectivity index (χ2n) is 5.38. The van der Waals surface area contributed by atoms with Crippen LogP contribution in [-0.4, -0.2) is 38.6 Å². The van der Waals surface area contributed by atoms with Crippen LogP contribution < -0.4 is 5.32 Å². The van der Waals surface area contributed by atoms with E-state index in [1.807, 2.05) is 13.8 Å². The summed E-state index contributed by atoms with van der Waals surface area (Å²) < 4.78 is 1.77. The van der Waals surface area contributed by atoms with Gasteiger partial charge in [-0.1, -0.05) is 11.6 Å². The lowest BCUT2D eigenvalue weighted by Gasteiger charge is -2.41. The third-order valence-corrected chi connectivity index (χ3v) is 4.18. The fourth-order valence-corrected chi connectivity index (χ4v) is 2.55. The molecule has 1 aromatic heterocycles. The van der Waals surface area contributed by atoms with Crippen molar-refractivity contribution >= 4 is 23.4 Å². The lowest BCUT2D eigenvalue weighted by Crippen LogP contribution is -2.64. The first kappa shape index (κ1) is 14.8. The molecule has 2 heterocycles. The summed E-state index contributed by atoms with van der Waals surface area (Å²) in [6.45, 7) is 8.22. The number of aromatic nitrogens is 2. The zero-order valence-corrected chi connectivity index (χ0v) is 12.9. The van der Waals surface area contributed by atoms with Gasteiger partial charge in [0.1, 0.15) is 5.54 Å². The molecule has 1 aromatic rings. The Morgan fingerprint density at radius 1 is 1.40 bits per heavy atom. The Labute approximate surface area is 123 Å². The van der Waals surface area contributed by atoms with Crippen LogP contribution in [0, 0.1) is 6.92 Å². The molecule has 1 N–H and O–H groups in total. The fraction of sp³-hybridized carbons (Fsp3) is 0.615. The molecule has 7 heteroatoms. The third kappa shape index (κ3) is 2.28. The van der Waals surface area contributed by atoms with E-state index in [4.69, 9.17) is 11.6 Å².